The van der Waals surface area contributed by atoms with Gasteiger partial charge in [0.05, 0.1) is 0 Å². The van der Waals surface area contributed by atoms with Crippen LogP contribution in [0.5, 0.6) is 0 Å². The highest BCUT2D eigenvalue weighted by Crippen LogP contribution is 2.25. The van der Waals surface area contributed by atoms with E-state index in [0.717, 1.165) is 32.2 Å². The molecule has 0 aliphatic carbocycles. The molecule has 0 aromatic heterocycles. The van der Waals surface area contributed by atoms with Gasteiger partial charge in [0.1, 0.15) is 6.04 Å². The van der Waals surface area contributed by atoms with Gasteiger partial charge in [-0.2, -0.15) is 0 Å². The van der Waals surface area contributed by atoms with E-state index in [1.54, 1.807) is 4.90 Å². The van der Waals surface area contributed by atoms with Crippen LogP contribution in [0.2, 0.25) is 0 Å². The zero-order chi connectivity index (χ0) is 16.0. The fourth-order valence-electron chi connectivity index (χ4n) is 3.16. The molecule has 1 N–H and O–H groups in total. The monoisotopic (exact) mass is 298 g/mol. The van der Waals surface area contributed by atoms with E-state index in [4.69, 9.17) is 0 Å². The second-order valence-electron chi connectivity index (χ2n) is 6.10. The van der Waals surface area contributed by atoms with Crippen molar-refractivity contribution in [2.24, 2.45) is 11.8 Å². The van der Waals surface area contributed by atoms with Crippen molar-refractivity contribution in [1.29, 1.82) is 0 Å². The molecule has 1 fully saturated rings. The van der Waals surface area contributed by atoms with Crippen LogP contribution in [0, 0.1) is 11.8 Å². The average Bonchev–Trinajstić information content (AvgIpc) is 2.47. The molecule has 2 atom stereocenters. The molecule has 1 aliphatic heterocycles. The molecule has 21 heavy (non-hydrogen) atoms. The quantitative estimate of drug-likeness (QED) is 0.820. The molecule has 2 amide bonds. The van der Waals surface area contributed by atoms with Crippen molar-refractivity contribution in [3.8, 4) is 0 Å². The number of carboxylic acids is 1. The second-order valence-corrected chi connectivity index (χ2v) is 6.10. The molecule has 0 spiro atoms. The number of likely N-dealkylation sites (tertiary alicyclic amines) is 1. The summed E-state index contributed by atoms with van der Waals surface area (Å²) in [5.41, 5.74) is 0. The molecule has 5 nitrogen and oxygen atoms in total. The van der Waals surface area contributed by atoms with E-state index in [1.807, 2.05) is 18.7 Å². The first-order valence-corrected chi connectivity index (χ1v) is 8.24. The highest BCUT2D eigenvalue weighted by atomic mass is 16.4. The lowest BCUT2D eigenvalue weighted by Gasteiger charge is -2.40. The van der Waals surface area contributed by atoms with Gasteiger partial charge < -0.3 is 14.9 Å². The number of carbonyl (C=O) groups excluding carboxylic acids is 1. The summed E-state index contributed by atoms with van der Waals surface area (Å²) in [5, 5.41) is 9.44. The molecule has 1 aliphatic rings. The third-order valence-corrected chi connectivity index (χ3v) is 4.72. The van der Waals surface area contributed by atoms with Gasteiger partial charge in [0.25, 0.3) is 0 Å². The summed E-state index contributed by atoms with van der Waals surface area (Å²) in [6.45, 7) is 10.1. The van der Waals surface area contributed by atoms with Crippen molar-refractivity contribution in [3.05, 3.63) is 0 Å². The van der Waals surface area contributed by atoms with Crippen LogP contribution in [0.1, 0.15) is 53.4 Å². The van der Waals surface area contributed by atoms with Crippen LogP contribution in [0.4, 0.5) is 4.79 Å². The van der Waals surface area contributed by atoms with Crippen LogP contribution in [0.15, 0.2) is 0 Å². The van der Waals surface area contributed by atoms with Crippen LogP contribution < -0.4 is 0 Å². The zero-order valence-corrected chi connectivity index (χ0v) is 13.8. The summed E-state index contributed by atoms with van der Waals surface area (Å²) in [7, 11) is 0. The number of carboxylic acid groups (broad SMARTS) is 1. The van der Waals surface area contributed by atoms with E-state index in [2.05, 4.69) is 13.8 Å². The standard InChI is InChI=1S/C16H30N2O3/c1-5-13(6-2)11-17(7-3)16(21)18-10-8-9-12(4)14(18)15(19)20/h12-14H,5-11H2,1-4H3,(H,19,20). The number of rotatable bonds is 6. The van der Waals surface area contributed by atoms with Gasteiger partial charge in [-0.1, -0.05) is 33.6 Å². The van der Waals surface area contributed by atoms with E-state index in [9.17, 15) is 14.7 Å². The Morgan fingerprint density at radius 1 is 1.29 bits per heavy atom. The molecule has 1 rings (SSSR count). The molecule has 0 radical (unpaired) electrons. The number of piperidine rings is 1. The fourth-order valence-corrected chi connectivity index (χ4v) is 3.16. The molecule has 0 aromatic carbocycles. The van der Waals surface area contributed by atoms with Crippen molar-refractivity contribution in [1.82, 2.24) is 9.80 Å². The number of amides is 2. The van der Waals surface area contributed by atoms with Crippen molar-refractivity contribution >= 4 is 12.0 Å². The number of carbonyl (C=O) groups is 2. The van der Waals surface area contributed by atoms with E-state index in [-0.39, 0.29) is 11.9 Å². The summed E-state index contributed by atoms with van der Waals surface area (Å²) < 4.78 is 0. The average molecular weight is 298 g/mol. The Labute approximate surface area is 128 Å². The Hall–Kier alpha value is -1.26. The van der Waals surface area contributed by atoms with Crippen molar-refractivity contribution < 1.29 is 14.7 Å². The van der Waals surface area contributed by atoms with Crippen LogP contribution in [-0.2, 0) is 4.79 Å². The van der Waals surface area contributed by atoms with Gasteiger partial charge in [-0.3, -0.25) is 0 Å². The number of hydrogen-bond donors (Lipinski definition) is 1. The Kier molecular flexibility index (Phi) is 6.99. The molecule has 0 bridgehead atoms. The normalized spacial score (nSPS) is 22.4. The number of aliphatic carboxylic acids is 1. The van der Waals surface area contributed by atoms with E-state index < -0.39 is 12.0 Å². The highest BCUT2D eigenvalue weighted by Gasteiger charge is 2.38. The number of nitrogens with zero attached hydrogens (tertiary/aromatic N) is 2. The van der Waals surface area contributed by atoms with Crippen LogP contribution in [0.3, 0.4) is 0 Å². The third-order valence-electron chi connectivity index (χ3n) is 4.72. The molecular formula is C16H30N2O3. The molecule has 122 valence electrons. The summed E-state index contributed by atoms with van der Waals surface area (Å²) in [4.78, 5) is 27.6. The van der Waals surface area contributed by atoms with Gasteiger partial charge >= 0.3 is 12.0 Å². The van der Waals surface area contributed by atoms with Gasteiger partial charge in [-0.25, -0.2) is 9.59 Å². The fraction of sp³-hybridized carbons (Fsp3) is 0.875. The Morgan fingerprint density at radius 3 is 2.38 bits per heavy atom. The zero-order valence-electron chi connectivity index (χ0n) is 13.8. The summed E-state index contributed by atoms with van der Waals surface area (Å²) in [5.74, 6) is -0.374. The molecule has 1 heterocycles. The van der Waals surface area contributed by atoms with Gasteiger partial charge in [0, 0.05) is 19.6 Å². The molecule has 5 heteroatoms. The predicted molar refractivity (Wildman–Crippen MR) is 83.2 cm³/mol. The summed E-state index contributed by atoms with van der Waals surface area (Å²) in [6, 6.07) is -0.787. The second kappa shape index (κ2) is 8.25. The van der Waals surface area contributed by atoms with Crippen LogP contribution in [0.25, 0.3) is 0 Å². The van der Waals surface area contributed by atoms with Gasteiger partial charge in [-0.05, 0) is 31.6 Å². The third kappa shape index (κ3) is 4.35. The Balaban J connectivity index is 2.83. The minimum atomic E-state index is -0.880. The lowest BCUT2D eigenvalue weighted by Crippen LogP contribution is -2.56. The first-order valence-electron chi connectivity index (χ1n) is 8.24. The topological polar surface area (TPSA) is 60.9 Å². The number of urea groups is 1. The molecular weight excluding hydrogens is 268 g/mol. The van der Waals surface area contributed by atoms with E-state index in [1.165, 1.54) is 0 Å². The lowest BCUT2D eigenvalue weighted by molar-refractivity contribution is -0.145. The molecule has 0 aromatic rings. The maximum atomic E-state index is 12.7. The van der Waals surface area contributed by atoms with Gasteiger partial charge in [-0.15, -0.1) is 0 Å². The Morgan fingerprint density at radius 2 is 1.90 bits per heavy atom. The maximum Gasteiger partial charge on any atom is 0.326 e. The van der Waals surface area contributed by atoms with E-state index in [0.29, 0.717) is 19.0 Å². The molecule has 1 saturated heterocycles. The minimum absolute atomic E-state index is 0.0204. The Bertz CT molecular complexity index is 355. The molecule has 0 saturated carbocycles. The first-order chi connectivity index (χ1) is 9.96. The van der Waals surface area contributed by atoms with Gasteiger partial charge in [0.15, 0.2) is 0 Å². The van der Waals surface area contributed by atoms with Crippen molar-refractivity contribution in [2.45, 2.75) is 59.4 Å². The highest BCUT2D eigenvalue weighted by molar-refractivity contribution is 5.83. The summed E-state index contributed by atoms with van der Waals surface area (Å²) >= 11 is 0. The van der Waals surface area contributed by atoms with Crippen molar-refractivity contribution in [3.63, 3.8) is 0 Å². The molecule has 2 unspecified atom stereocenters. The summed E-state index contributed by atoms with van der Waals surface area (Å²) in [6.07, 6.45) is 3.84. The van der Waals surface area contributed by atoms with Crippen LogP contribution in [-0.4, -0.2) is 52.6 Å². The van der Waals surface area contributed by atoms with Gasteiger partial charge in [0.2, 0.25) is 0 Å². The predicted octanol–water partition coefficient (Wildman–Crippen LogP) is 3.05. The SMILES string of the molecule is CCC(CC)CN(CC)C(=O)N1CCCC(C)C1C(=O)O. The first kappa shape index (κ1) is 17.8. The lowest BCUT2D eigenvalue weighted by atomic mass is 9.91. The smallest absolute Gasteiger partial charge is 0.326 e. The maximum absolute atomic E-state index is 12.7. The van der Waals surface area contributed by atoms with E-state index >= 15 is 0 Å². The largest absolute Gasteiger partial charge is 0.480 e. The minimum Gasteiger partial charge on any atom is -0.480 e. The van der Waals surface area contributed by atoms with Crippen LogP contribution >= 0.6 is 0 Å². The number of hydrogen-bond acceptors (Lipinski definition) is 2. The van der Waals surface area contributed by atoms with Crippen molar-refractivity contribution in [2.75, 3.05) is 19.6 Å².